The van der Waals surface area contributed by atoms with E-state index < -0.39 is 0 Å². The fourth-order valence-corrected chi connectivity index (χ4v) is 4.54. The molecule has 0 radical (unpaired) electrons. The topological polar surface area (TPSA) is 53.5 Å². The van der Waals surface area contributed by atoms with Gasteiger partial charge >= 0.3 is 0 Å². The summed E-state index contributed by atoms with van der Waals surface area (Å²) in [6, 6.07) is 3.95. The molecule has 3 aliphatic rings. The molecule has 0 unspecified atom stereocenters. The maximum Gasteiger partial charge on any atom is 0.226 e. The van der Waals surface area contributed by atoms with Crippen molar-refractivity contribution in [2.75, 3.05) is 13.1 Å². The quantitative estimate of drug-likeness (QED) is 0.795. The number of aromatic nitrogens is 1. The second-order valence-corrected chi connectivity index (χ2v) is 7.52. The number of carbonyl (C=O) groups excluding carboxylic acids is 2. The van der Waals surface area contributed by atoms with E-state index in [2.05, 4.69) is 22.0 Å². The van der Waals surface area contributed by atoms with Gasteiger partial charge in [-0.15, -0.1) is 0 Å². The van der Waals surface area contributed by atoms with Crippen molar-refractivity contribution in [3.8, 4) is 0 Å². The van der Waals surface area contributed by atoms with Gasteiger partial charge in [-0.1, -0.05) is 12.2 Å². The highest BCUT2D eigenvalue weighted by atomic mass is 16.2. The molecule has 0 bridgehead atoms. The summed E-state index contributed by atoms with van der Waals surface area (Å²) in [4.78, 5) is 33.3. The zero-order valence-electron chi connectivity index (χ0n) is 14.6. The van der Waals surface area contributed by atoms with E-state index in [1.807, 2.05) is 17.0 Å². The Kier molecular flexibility index (Phi) is 4.32. The molecule has 1 aromatic rings. The van der Waals surface area contributed by atoms with Crippen LogP contribution in [-0.2, 0) is 16.1 Å². The first-order valence-electron chi connectivity index (χ1n) is 9.31. The number of nitrogens with zero attached hydrogens (tertiary/aromatic N) is 3. The number of allylic oxidation sites excluding steroid dienone is 2. The van der Waals surface area contributed by atoms with Crippen molar-refractivity contribution >= 4 is 11.8 Å². The number of likely N-dealkylation sites (tertiary alicyclic amines) is 2. The molecule has 5 heteroatoms. The Balaban J connectivity index is 1.43. The van der Waals surface area contributed by atoms with Gasteiger partial charge in [0.2, 0.25) is 11.8 Å². The zero-order valence-corrected chi connectivity index (χ0v) is 14.6. The van der Waals surface area contributed by atoms with Gasteiger partial charge in [0.15, 0.2) is 0 Å². The highest BCUT2D eigenvalue weighted by Crippen LogP contribution is 2.40. The second kappa shape index (κ2) is 6.62. The largest absolute Gasteiger partial charge is 0.342 e. The standard InChI is InChI=1S/C20H25N3O2/c24-18-5-8-20(23(18)15-16-6-11-21-12-7-16)9-13-22(14-10-20)19(25)17-3-1-2-4-17/h1-2,6-7,11-12,17H,3-5,8-10,13-15H2. The Morgan fingerprint density at radius 3 is 2.48 bits per heavy atom. The van der Waals surface area contributed by atoms with Crippen LogP contribution in [-0.4, -0.2) is 45.2 Å². The lowest BCUT2D eigenvalue weighted by molar-refractivity contribution is -0.139. The molecular weight excluding hydrogens is 314 g/mol. The summed E-state index contributed by atoms with van der Waals surface area (Å²) in [5.74, 6) is 0.689. The SMILES string of the molecule is O=C(C1CC=CC1)N1CCC2(CCC(=O)N2Cc2ccncc2)CC1. The summed E-state index contributed by atoms with van der Waals surface area (Å²) in [7, 11) is 0. The fourth-order valence-electron chi connectivity index (χ4n) is 4.54. The third-order valence-electron chi connectivity index (χ3n) is 6.13. The molecular formula is C20H25N3O2. The Morgan fingerprint density at radius 2 is 1.80 bits per heavy atom. The average Bonchev–Trinajstić information content (AvgIpc) is 3.28. The third-order valence-corrected chi connectivity index (χ3v) is 6.13. The molecule has 0 atom stereocenters. The van der Waals surface area contributed by atoms with Crippen LogP contribution in [0.4, 0.5) is 0 Å². The van der Waals surface area contributed by atoms with Crippen molar-refractivity contribution < 1.29 is 9.59 Å². The molecule has 2 aliphatic heterocycles. The molecule has 2 fully saturated rings. The lowest BCUT2D eigenvalue weighted by Crippen LogP contribution is -2.54. The molecule has 0 aromatic carbocycles. The van der Waals surface area contributed by atoms with E-state index in [9.17, 15) is 9.59 Å². The molecule has 1 aromatic heterocycles. The maximum atomic E-state index is 12.6. The summed E-state index contributed by atoms with van der Waals surface area (Å²) < 4.78 is 0. The van der Waals surface area contributed by atoms with E-state index in [-0.39, 0.29) is 17.4 Å². The van der Waals surface area contributed by atoms with Crippen molar-refractivity contribution in [3.63, 3.8) is 0 Å². The highest BCUT2D eigenvalue weighted by Gasteiger charge is 2.47. The third kappa shape index (κ3) is 3.08. The summed E-state index contributed by atoms with van der Waals surface area (Å²) in [5, 5.41) is 0. The summed E-state index contributed by atoms with van der Waals surface area (Å²) in [6.07, 6.45) is 12.9. The van der Waals surface area contributed by atoms with Crippen LogP contribution in [0.3, 0.4) is 0 Å². The Labute approximate surface area is 148 Å². The van der Waals surface area contributed by atoms with Crippen molar-refractivity contribution in [1.29, 1.82) is 0 Å². The van der Waals surface area contributed by atoms with E-state index in [0.717, 1.165) is 50.8 Å². The molecule has 25 heavy (non-hydrogen) atoms. The Morgan fingerprint density at radius 1 is 1.12 bits per heavy atom. The molecule has 4 rings (SSSR count). The van der Waals surface area contributed by atoms with Crippen LogP contribution in [0, 0.1) is 5.92 Å². The Hall–Kier alpha value is -2.17. The molecule has 132 valence electrons. The van der Waals surface area contributed by atoms with E-state index in [0.29, 0.717) is 18.9 Å². The van der Waals surface area contributed by atoms with Gasteiger partial charge in [0, 0.05) is 49.9 Å². The molecule has 5 nitrogen and oxygen atoms in total. The van der Waals surface area contributed by atoms with Gasteiger partial charge in [-0.25, -0.2) is 0 Å². The number of amides is 2. The molecule has 0 N–H and O–H groups in total. The monoisotopic (exact) mass is 339 g/mol. The van der Waals surface area contributed by atoms with E-state index in [4.69, 9.17) is 0 Å². The summed E-state index contributed by atoms with van der Waals surface area (Å²) in [5.41, 5.74) is 1.06. The predicted molar refractivity (Wildman–Crippen MR) is 94.4 cm³/mol. The van der Waals surface area contributed by atoms with Crippen molar-refractivity contribution in [1.82, 2.24) is 14.8 Å². The minimum absolute atomic E-state index is 0.0644. The van der Waals surface area contributed by atoms with Crippen molar-refractivity contribution in [3.05, 3.63) is 42.2 Å². The van der Waals surface area contributed by atoms with Crippen molar-refractivity contribution in [2.24, 2.45) is 5.92 Å². The zero-order chi connectivity index (χ0) is 17.3. The average molecular weight is 339 g/mol. The number of hydrogen-bond donors (Lipinski definition) is 0. The number of pyridine rings is 1. The first-order chi connectivity index (χ1) is 12.2. The molecule has 3 heterocycles. The second-order valence-electron chi connectivity index (χ2n) is 7.52. The van der Waals surface area contributed by atoms with Gasteiger partial charge in [0.1, 0.15) is 0 Å². The molecule has 1 spiro atoms. The van der Waals surface area contributed by atoms with Crippen LogP contribution in [0.25, 0.3) is 0 Å². The normalized spacial score (nSPS) is 23.0. The van der Waals surface area contributed by atoms with Crippen LogP contribution >= 0.6 is 0 Å². The maximum absolute atomic E-state index is 12.6. The molecule has 2 amide bonds. The van der Waals surface area contributed by atoms with Gasteiger partial charge in [-0.2, -0.15) is 0 Å². The van der Waals surface area contributed by atoms with Crippen molar-refractivity contribution in [2.45, 2.75) is 50.6 Å². The van der Waals surface area contributed by atoms with E-state index in [1.54, 1.807) is 12.4 Å². The summed E-state index contributed by atoms with van der Waals surface area (Å²) in [6.45, 7) is 2.20. The Bertz CT molecular complexity index is 669. The van der Waals surface area contributed by atoms with Gasteiger partial charge < -0.3 is 9.80 Å². The van der Waals surface area contributed by atoms with Gasteiger partial charge in [-0.3, -0.25) is 14.6 Å². The minimum atomic E-state index is -0.0644. The smallest absolute Gasteiger partial charge is 0.226 e. The van der Waals surface area contributed by atoms with Gasteiger partial charge in [0.25, 0.3) is 0 Å². The number of rotatable bonds is 3. The van der Waals surface area contributed by atoms with Gasteiger partial charge in [0.05, 0.1) is 0 Å². The highest BCUT2D eigenvalue weighted by molar-refractivity contribution is 5.81. The molecule has 0 saturated carbocycles. The fraction of sp³-hybridized carbons (Fsp3) is 0.550. The lowest BCUT2D eigenvalue weighted by atomic mass is 9.84. The van der Waals surface area contributed by atoms with Gasteiger partial charge in [-0.05, 0) is 49.8 Å². The van der Waals surface area contributed by atoms with Crippen LogP contribution in [0.1, 0.15) is 44.1 Å². The van der Waals surface area contributed by atoms with Crippen LogP contribution in [0.2, 0.25) is 0 Å². The lowest BCUT2D eigenvalue weighted by Gasteiger charge is -2.45. The predicted octanol–water partition coefficient (Wildman–Crippen LogP) is 2.53. The first-order valence-corrected chi connectivity index (χ1v) is 9.31. The number of hydrogen-bond acceptors (Lipinski definition) is 3. The van der Waals surface area contributed by atoms with E-state index >= 15 is 0 Å². The molecule has 1 aliphatic carbocycles. The molecule has 2 saturated heterocycles. The summed E-state index contributed by atoms with van der Waals surface area (Å²) >= 11 is 0. The van der Waals surface area contributed by atoms with E-state index in [1.165, 1.54) is 0 Å². The first kappa shape index (κ1) is 16.3. The van der Waals surface area contributed by atoms with Crippen LogP contribution in [0.5, 0.6) is 0 Å². The number of carbonyl (C=O) groups is 2. The van der Waals surface area contributed by atoms with Crippen LogP contribution in [0.15, 0.2) is 36.7 Å². The van der Waals surface area contributed by atoms with Crippen LogP contribution < -0.4 is 0 Å². The minimum Gasteiger partial charge on any atom is -0.342 e. The number of piperidine rings is 1.